The van der Waals surface area contributed by atoms with Crippen LogP contribution in [0, 0.1) is 10.1 Å². The Labute approximate surface area is 154 Å². The van der Waals surface area contributed by atoms with E-state index in [9.17, 15) is 28.1 Å². The number of hydrogen-bond acceptors (Lipinski definition) is 7. The van der Waals surface area contributed by atoms with Gasteiger partial charge >= 0.3 is 12.1 Å². The Morgan fingerprint density at radius 3 is 2.63 bits per heavy atom. The van der Waals surface area contributed by atoms with Crippen molar-refractivity contribution in [1.82, 2.24) is 14.8 Å². The van der Waals surface area contributed by atoms with Crippen molar-refractivity contribution in [3.8, 4) is 0 Å². The Balaban J connectivity index is 2.00. The number of nitrogens with zero attached hydrogens (tertiary/aromatic N) is 5. The number of alkyl halides is 3. The van der Waals surface area contributed by atoms with Crippen LogP contribution in [0.4, 0.5) is 24.5 Å². The summed E-state index contributed by atoms with van der Waals surface area (Å²) in [5, 5.41) is 18.0. The van der Waals surface area contributed by atoms with Crippen LogP contribution < -0.4 is 4.90 Å². The van der Waals surface area contributed by atoms with E-state index < -0.39 is 28.6 Å². The maximum Gasteiger partial charge on any atom is 0.451 e. The first-order valence-electron chi connectivity index (χ1n) is 7.44. The smallest absolute Gasteiger partial charge is 0.451 e. The monoisotopic (exact) mass is 405 g/mol. The number of halogens is 4. The average Bonchev–Trinajstić information content (AvgIpc) is 3.04. The van der Waals surface area contributed by atoms with Gasteiger partial charge in [0, 0.05) is 19.2 Å². The number of anilines is 1. The molecule has 0 bridgehead atoms. The number of carbonyl (C=O) groups is 1. The summed E-state index contributed by atoms with van der Waals surface area (Å²) in [7, 11) is 1.11. The van der Waals surface area contributed by atoms with E-state index in [1.54, 1.807) is 0 Å². The number of hydrogen-bond donors (Lipinski definition) is 0. The van der Waals surface area contributed by atoms with Gasteiger partial charge in [-0.15, -0.1) is 10.2 Å². The van der Waals surface area contributed by atoms with E-state index in [-0.39, 0.29) is 41.7 Å². The predicted molar refractivity (Wildman–Crippen MR) is 85.5 cm³/mol. The molecule has 13 heteroatoms. The highest BCUT2D eigenvalue weighted by atomic mass is 35.5. The van der Waals surface area contributed by atoms with Gasteiger partial charge in [-0.2, -0.15) is 13.2 Å². The third-order valence-corrected chi connectivity index (χ3v) is 4.33. The molecule has 1 aromatic carbocycles. The molecule has 0 unspecified atom stereocenters. The van der Waals surface area contributed by atoms with Crippen molar-refractivity contribution in [3.63, 3.8) is 0 Å². The minimum absolute atomic E-state index is 0.0102. The van der Waals surface area contributed by atoms with Crippen LogP contribution in [0.3, 0.4) is 0 Å². The highest BCUT2D eigenvalue weighted by Crippen LogP contribution is 2.37. The molecule has 144 valence electrons. The molecule has 27 heavy (non-hydrogen) atoms. The first-order chi connectivity index (χ1) is 12.6. The fourth-order valence-electron chi connectivity index (χ4n) is 2.79. The van der Waals surface area contributed by atoms with E-state index in [1.165, 1.54) is 11.0 Å². The molecule has 2 heterocycles. The number of ether oxygens (including phenoxy) is 1. The summed E-state index contributed by atoms with van der Waals surface area (Å²) in [6.45, 7) is -0.231. The van der Waals surface area contributed by atoms with Crippen LogP contribution in [-0.4, -0.2) is 39.3 Å². The number of carbonyl (C=O) groups excluding carboxylic acids is 1. The van der Waals surface area contributed by atoms with Gasteiger partial charge in [0.1, 0.15) is 5.69 Å². The topological polar surface area (TPSA) is 103 Å². The summed E-state index contributed by atoms with van der Waals surface area (Å²) in [6.07, 6.45) is -4.65. The maximum absolute atomic E-state index is 12.9. The molecule has 1 aromatic heterocycles. The Morgan fingerprint density at radius 2 is 2.04 bits per heavy atom. The fourth-order valence-corrected chi connectivity index (χ4v) is 3.03. The van der Waals surface area contributed by atoms with Gasteiger partial charge in [0.2, 0.25) is 5.82 Å². The first-order valence-corrected chi connectivity index (χ1v) is 7.81. The quantitative estimate of drug-likeness (QED) is 0.439. The number of methoxy groups -OCH3 is 1. The first kappa shape index (κ1) is 18.9. The molecule has 3 rings (SSSR count). The number of nitro groups is 1. The van der Waals surface area contributed by atoms with Crippen LogP contribution in [0.1, 0.15) is 22.0 Å². The van der Waals surface area contributed by atoms with Crippen molar-refractivity contribution >= 4 is 28.9 Å². The number of benzene rings is 1. The number of rotatable bonds is 3. The van der Waals surface area contributed by atoms with E-state index in [0.29, 0.717) is 0 Å². The third kappa shape index (κ3) is 3.39. The van der Waals surface area contributed by atoms with Gasteiger partial charge in [-0.25, -0.2) is 4.79 Å². The average molecular weight is 406 g/mol. The zero-order chi connectivity index (χ0) is 19.9. The van der Waals surface area contributed by atoms with Crippen LogP contribution >= 0.6 is 11.6 Å². The van der Waals surface area contributed by atoms with E-state index in [0.717, 1.165) is 17.7 Å². The Bertz CT molecular complexity index is 930. The second kappa shape index (κ2) is 6.68. The largest absolute Gasteiger partial charge is 0.465 e. The molecule has 0 atom stereocenters. The van der Waals surface area contributed by atoms with Crippen LogP contribution in [0.25, 0.3) is 0 Å². The van der Waals surface area contributed by atoms with Gasteiger partial charge in [0.15, 0.2) is 5.82 Å². The highest BCUT2D eigenvalue weighted by Gasteiger charge is 2.40. The number of esters is 1. The molecule has 0 saturated carbocycles. The summed E-state index contributed by atoms with van der Waals surface area (Å²) in [5.74, 6) is -1.95. The van der Waals surface area contributed by atoms with Crippen molar-refractivity contribution < 1.29 is 27.6 Å². The summed E-state index contributed by atoms with van der Waals surface area (Å²) in [4.78, 5) is 23.9. The fraction of sp³-hybridized carbons (Fsp3) is 0.357. The van der Waals surface area contributed by atoms with E-state index in [4.69, 9.17) is 11.6 Å². The molecule has 2 aromatic rings. The SMILES string of the molecule is COC(=O)c1cc([N+](=O)[O-])c(N2CCn3c(nnc3C(F)(F)F)C2)cc1Cl. The summed E-state index contributed by atoms with van der Waals surface area (Å²) >= 11 is 6.03. The molecule has 0 spiro atoms. The molecule has 1 aliphatic rings. The maximum atomic E-state index is 12.9. The van der Waals surface area contributed by atoms with Crippen molar-refractivity contribution in [1.29, 1.82) is 0 Å². The molecule has 9 nitrogen and oxygen atoms in total. The summed E-state index contributed by atoms with van der Waals surface area (Å²) < 4.78 is 44.2. The molecule has 0 radical (unpaired) electrons. The molecular weight excluding hydrogens is 395 g/mol. The van der Waals surface area contributed by atoms with Gasteiger partial charge in [0.05, 0.1) is 29.2 Å². The van der Waals surface area contributed by atoms with E-state index in [1.807, 2.05) is 0 Å². The Morgan fingerprint density at radius 1 is 1.33 bits per heavy atom. The Hall–Kier alpha value is -2.89. The lowest BCUT2D eigenvalue weighted by Gasteiger charge is -2.29. The zero-order valence-corrected chi connectivity index (χ0v) is 14.4. The van der Waals surface area contributed by atoms with Crippen molar-refractivity contribution in [3.05, 3.63) is 44.5 Å². The standard InChI is InChI=1S/C14H11ClF3N5O4/c1-27-12(24)7-4-10(23(25)26)9(5-8(7)15)21-2-3-22-11(6-21)19-20-13(22)14(16,17)18/h4-5H,2-3,6H2,1H3. The van der Waals surface area contributed by atoms with E-state index in [2.05, 4.69) is 14.9 Å². The lowest BCUT2D eigenvalue weighted by molar-refractivity contribution is -0.384. The van der Waals surface area contributed by atoms with Gasteiger partial charge < -0.3 is 14.2 Å². The van der Waals surface area contributed by atoms with Gasteiger partial charge in [-0.1, -0.05) is 11.6 Å². The van der Waals surface area contributed by atoms with Crippen LogP contribution in [0.15, 0.2) is 12.1 Å². The van der Waals surface area contributed by atoms with Crippen LogP contribution in [0.5, 0.6) is 0 Å². The molecule has 0 fully saturated rings. The second-order valence-corrected chi connectivity index (χ2v) is 5.99. The van der Waals surface area contributed by atoms with Crippen molar-refractivity contribution in [2.75, 3.05) is 18.6 Å². The second-order valence-electron chi connectivity index (χ2n) is 5.58. The lowest BCUT2D eigenvalue weighted by Crippen LogP contribution is -2.35. The predicted octanol–water partition coefficient (Wildman–Crippen LogP) is 2.67. The minimum atomic E-state index is -4.65. The van der Waals surface area contributed by atoms with Crippen LogP contribution in [-0.2, 0) is 24.0 Å². The third-order valence-electron chi connectivity index (χ3n) is 4.01. The summed E-state index contributed by atoms with van der Waals surface area (Å²) in [5.41, 5.74) is -0.557. The van der Waals surface area contributed by atoms with Gasteiger partial charge in [-0.05, 0) is 6.07 Å². The molecule has 0 N–H and O–H groups in total. The number of aromatic nitrogens is 3. The van der Waals surface area contributed by atoms with E-state index >= 15 is 0 Å². The molecule has 1 aliphatic heterocycles. The zero-order valence-electron chi connectivity index (χ0n) is 13.7. The number of nitro benzene ring substituents is 1. The minimum Gasteiger partial charge on any atom is -0.465 e. The van der Waals surface area contributed by atoms with Gasteiger partial charge in [-0.3, -0.25) is 10.1 Å². The van der Waals surface area contributed by atoms with Crippen molar-refractivity contribution in [2.45, 2.75) is 19.3 Å². The van der Waals surface area contributed by atoms with Crippen LogP contribution in [0.2, 0.25) is 5.02 Å². The molecule has 0 aliphatic carbocycles. The molecule has 0 amide bonds. The molecular formula is C14H11ClF3N5O4. The summed E-state index contributed by atoms with van der Waals surface area (Å²) in [6, 6.07) is 2.19. The normalized spacial score (nSPS) is 14.0. The van der Waals surface area contributed by atoms with Crippen molar-refractivity contribution in [2.24, 2.45) is 0 Å². The lowest BCUT2D eigenvalue weighted by atomic mass is 10.1. The number of fused-ring (bicyclic) bond motifs is 1. The molecule has 0 saturated heterocycles. The highest BCUT2D eigenvalue weighted by molar-refractivity contribution is 6.34. The Kier molecular flexibility index (Phi) is 4.68. The van der Waals surface area contributed by atoms with Gasteiger partial charge in [0.25, 0.3) is 5.69 Å².